The first-order chi connectivity index (χ1) is 15.2. The Balaban J connectivity index is 1.51. The van der Waals surface area contributed by atoms with E-state index in [0.29, 0.717) is 25.4 Å². The average Bonchev–Trinajstić information content (AvgIpc) is 3.54. The Bertz CT molecular complexity index is 681. The minimum absolute atomic E-state index is 0.0631. The van der Waals surface area contributed by atoms with Crippen LogP contribution in [0.4, 0.5) is 0 Å². The summed E-state index contributed by atoms with van der Waals surface area (Å²) in [5.41, 5.74) is 0.233. The average molecular weight is 436 g/mol. The largest absolute Gasteiger partial charge is 0.446 e. The molecule has 2 aliphatic rings. The third-order valence-corrected chi connectivity index (χ3v) is 5.92. The molecule has 8 nitrogen and oxygen atoms in total. The molecule has 174 valence electrons. The first-order valence-electron chi connectivity index (χ1n) is 11.9. The maximum Gasteiger partial charge on any atom is 0.273 e. The number of hydrogen-bond donors (Lipinski definition) is 1. The molecular weight excluding hydrogens is 398 g/mol. The van der Waals surface area contributed by atoms with Crippen LogP contribution in [0, 0.1) is 0 Å². The second-order valence-corrected chi connectivity index (χ2v) is 8.55. The summed E-state index contributed by atoms with van der Waals surface area (Å²) in [4.78, 5) is 31.3. The van der Waals surface area contributed by atoms with Crippen molar-refractivity contribution in [1.29, 1.82) is 0 Å². The summed E-state index contributed by atoms with van der Waals surface area (Å²) in [5, 5.41) is 2.85. The molecule has 3 rings (SSSR count). The number of hydrogen-bond acceptors (Lipinski definition) is 6. The number of nitrogens with zero attached hydrogens (tertiary/aromatic N) is 2. The predicted molar refractivity (Wildman–Crippen MR) is 116 cm³/mol. The van der Waals surface area contributed by atoms with Gasteiger partial charge in [-0.15, -0.1) is 0 Å². The minimum Gasteiger partial charge on any atom is -0.446 e. The number of carbonyl (C=O) groups is 2. The summed E-state index contributed by atoms with van der Waals surface area (Å²) in [7, 11) is 0. The lowest BCUT2D eigenvalue weighted by Gasteiger charge is -2.24. The van der Waals surface area contributed by atoms with E-state index < -0.39 is 0 Å². The lowest BCUT2D eigenvalue weighted by molar-refractivity contribution is -0.134. The van der Waals surface area contributed by atoms with Crippen LogP contribution in [0.15, 0.2) is 10.7 Å². The number of oxazole rings is 1. The highest BCUT2D eigenvalue weighted by atomic mass is 16.5. The van der Waals surface area contributed by atoms with Crippen LogP contribution >= 0.6 is 0 Å². The second-order valence-electron chi connectivity index (χ2n) is 8.55. The topological polar surface area (TPSA) is 93.9 Å². The maximum atomic E-state index is 12.9. The van der Waals surface area contributed by atoms with Gasteiger partial charge < -0.3 is 24.1 Å². The Morgan fingerprint density at radius 2 is 1.84 bits per heavy atom. The van der Waals surface area contributed by atoms with Crippen molar-refractivity contribution in [1.82, 2.24) is 15.2 Å². The van der Waals surface area contributed by atoms with Crippen LogP contribution in [0.5, 0.6) is 0 Å². The van der Waals surface area contributed by atoms with Crippen molar-refractivity contribution in [3.63, 3.8) is 0 Å². The van der Waals surface area contributed by atoms with E-state index in [2.05, 4.69) is 17.2 Å². The van der Waals surface area contributed by atoms with E-state index in [1.54, 1.807) is 4.90 Å². The predicted octanol–water partition coefficient (Wildman–Crippen LogP) is 3.45. The molecule has 0 aromatic carbocycles. The van der Waals surface area contributed by atoms with E-state index in [9.17, 15) is 9.59 Å². The summed E-state index contributed by atoms with van der Waals surface area (Å²) in [5.74, 6) is 0.188. The molecule has 0 spiro atoms. The zero-order valence-electron chi connectivity index (χ0n) is 18.8. The molecule has 0 bridgehead atoms. The van der Waals surface area contributed by atoms with E-state index in [1.807, 2.05) is 0 Å². The van der Waals surface area contributed by atoms with Crippen molar-refractivity contribution >= 4 is 11.8 Å². The number of ether oxygens (including phenoxy) is 2. The van der Waals surface area contributed by atoms with Gasteiger partial charge in [0, 0.05) is 32.7 Å². The third kappa shape index (κ3) is 7.92. The Morgan fingerprint density at radius 3 is 2.55 bits per heavy atom. The number of unbranched alkanes of at least 4 members (excludes halogenated alkanes) is 4. The molecule has 3 heterocycles. The van der Waals surface area contributed by atoms with Gasteiger partial charge in [-0.05, 0) is 32.1 Å². The molecule has 8 heteroatoms. The molecular formula is C23H37N3O5. The van der Waals surface area contributed by atoms with Gasteiger partial charge in [-0.1, -0.05) is 32.6 Å². The van der Waals surface area contributed by atoms with Crippen LogP contribution < -0.4 is 5.32 Å². The van der Waals surface area contributed by atoms with Gasteiger partial charge >= 0.3 is 0 Å². The fraction of sp³-hybridized carbons (Fsp3) is 0.783. The van der Waals surface area contributed by atoms with E-state index >= 15 is 0 Å². The van der Waals surface area contributed by atoms with Gasteiger partial charge in [0.15, 0.2) is 5.69 Å². The molecule has 1 aromatic heterocycles. The highest BCUT2D eigenvalue weighted by Crippen LogP contribution is 2.17. The quantitative estimate of drug-likeness (QED) is 0.477. The minimum atomic E-state index is -0.279. The molecule has 2 fully saturated rings. The number of carbonyl (C=O) groups excluding carboxylic acids is 2. The first-order valence-corrected chi connectivity index (χ1v) is 11.9. The first kappa shape index (κ1) is 23.7. The van der Waals surface area contributed by atoms with Crippen molar-refractivity contribution in [2.24, 2.45) is 0 Å². The lowest BCUT2D eigenvalue weighted by Crippen LogP contribution is -2.37. The molecule has 0 aliphatic carbocycles. The zero-order valence-corrected chi connectivity index (χ0v) is 18.8. The van der Waals surface area contributed by atoms with Gasteiger partial charge in [-0.25, -0.2) is 4.98 Å². The normalized spacial score (nSPS) is 20.8. The smallest absolute Gasteiger partial charge is 0.273 e. The van der Waals surface area contributed by atoms with Crippen LogP contribution in [-0.2, 0) is 20.8 Å². The van der Waals surface area contributed by atoms with Crippen molar-refractivity contribution in [2.75, 3.05) is 26.3 Å². The summed E-state index contributed by atoms with van der Waals surface area (Å²) in [6.07, 6.45) is 11.5. The number of amides is 2. The standard InChI is InChI=1S/C23H37N3O5/c1-2-3-4-5-6-11-22(27)26(15-19-10-8-13-30-19)16-21-25-20(17-31-21)23(28)24-14-18-9-7-12-29-18/h17-19H,2-16H2,1H3,(H,24,28). The molecule has 2 saturated heterocycles. The number of aromatic nitrogens is 1. The highest BCUT2D eigenvalue weighted by Gasteiger charge is 2.25. The molecule has 2 amide bonds. The van der Waals surface area contributed by atoms with Gasteiger partial charge in [0.2, 0.25) is 11.8 Å². The molecule has 0 radical (unpaired) electrons. The summed E-state index contributed by atoms with van der Waals surface area (Å²) >= 11 is 0. The second kappa shape index (κ2) is 12.8. The zero-order chi connectivity index (χ0) is 21.9. The van der Waals surface area contributed by atoms with E-state index in [1.165, 1.54) is 25.5 Å². The lowest BCUT2D eigenvalue weighted by atomic mass is 10.1. The van der Waals surface area contributed by atoms with Crippen LogP contribution in [-0.4, -0.2) is 60.2 Å². The van der Waals surface area contributed by atoms with E-state index in [0.717, 1.165) is 51.7 Å². The van der Waals surface area contributed by atoms with Gasteiger partial charge in [-0.2, -0.15) is 0 Å². The third-order valence-electron chi connectivity index (χ3n) is 5.92. The Kier molecular flexibility index (Phi) is 9.81. The van der Waals surface area contributed by atoms with Crippen molar-refractivity contribution in [2.45, 2.75) is 89.9 Å². The Labute approximate surface area is 185 Å². The molecule has 1 N–H and O–H groups in total. The van der Waals surface area contributed by atoms with Crippen LogP contribution in [0.25, 0.3) is 0 Å². The van der Waals surface area contributed by atoms with Gasteiger partial charge in [0.05, 0.1) is 18.8 Å². The Hall–Kier alpha value is -1.93. The van der Waals surface area contributed by atoms with Gasteiger partial charge in [0.1, 0.15) is 6.26 Å². The van der Waals surface area contributed by atoms with Crippen molar-refractivity contribution in [3.05, 3.63) is 17.8 Å². The fourth-order valence-corrected chi connectivity index (χ4v) is 4.08. The van der Waals surface area contributed by atoms with Crippen molar-refractivity contribution < 1.29 is 23.5 Å². The van der Waals surface area contributed by atoms with E-state index in [-0.39, 0.29) is 36.3 Å². The van der Waals surface area contributed by atoms with Crippen LogP contribution in [0.2, 0.25) is 0 Å². The highest BCUT2D eigenvalue weighted by molar-refractivity contribution is 5.91. The number of nitrogens with one attached hydrogen (secondary N) is 1. The van der Waals surface area contributed by atoms with Crippen molar-refractivity contribution in [3.8, 4) is 0 Å². The monoisotopic (exact) mass is 435 g/mol. The molecule has 2 atom stereocenters. The summed E-state index contributed by atoms with van der Waals surface area (Å²) in [6, 6.07) is 0. The van der Waals surface area contributed by atoms with E-state index in [4.69, 9.17) is 13.9 Å². The summed E-state index contributed by atoms with van der Waals surface area (Å²) in [6.45, 7) is 4.95. The molecule has 2 unspecified atom stereocenters. The molecule has 2 aliphatic heterocycles. The van der Waals surface area contributed by atoms with Gasteiger partial charge in [0.25, 0.3) is 5.91 Å². The van der Waals surface area contributed by atoms with Crippen LogP contribution in [0.1, 0.15) is 87.5 Å². The molecule has 31 heavy (non-hydrogen) atoms. The maximum absolute atomic E-state index is 12.9. The SMILES string of the molecule is CCCCCCCC(=O)N(Cc1nc(C(=O)NCC2CCCO2)co1)CC1CCCO1. The number of rotatable bonds is 13. The fourth-order valence-electron chi connectivity index (χ4n) is 4.08. The Morgan fingerprint density at radius 1 is 1.10 bits per heavy atom. The van der Waals surface area contributed by atoms with Gasteiger partial charge in [-0.3, -0.25) is 9.59 Å². The van der Waals surface area contributed by atoms with Crippen LogP contribution in [0.3, 0.4) is 0 Å². The summed E-state index contributed by atoms with van der Waals surface area (Å²) < 4.78 is 16.8. The molecule has 0 saturated carbocycles. The molecule has 1 aromatic rings.